The van der Waals surface area contributed by atoms with Crippen LogP contribution in [-0.4, -0.2) is 40.0 Å². The van der Waals surface area contributed by atoms with E-state index in [4.69, 9.17) is 10.2 Å². The smallest absolute Gasteiger partial charge is 0.336 e. The van der Waals surface area contributed by atoms with Crippen LogP contribution >= 0.6 is 0 Å². The highest BCUT2D eigenvalue weighted by Gasteiger charge is 2.18. The number of carbonyl (C=O) groups is 1. The minimum absolute atomic E-state index is 0.192. The molecule has 1 aromatic carbocycles. The lowest BCUT2D eigenvalue weighted by molar-refractivity contribution is 0.00253. The molecule has 0 radical (unpaired) electrons. The Bertz CT molecular complexity index is 390. The Balaban J connectivity index is 2.61. The summed E-state index contributed by atoms with van der Waals surface area (Å²) in [6.45, 7) is 1.68. The van der Waals surface area contributed by atoms with Gasteiger partial charge in [-0.25, -0.2) is 4.79 Å². The van der Waals surface area contributed by atoms with Crippen molar-refractivity contribution in [3.63, 3.8) is 0 Å². The Morgan fingerprint density at radius 1 is 1.41 bits per heavy atom. The zero-order valence-electron chi connectivity index (χ0n) is 9.68. The van der Waals surface area contributed by atoms with Crippen LogP contribution in [0.1, 0.15) is 22.8 Å². The van der Waals surface area contributed by atoms with E-state index in [0.29, 0.717) is 12.1 Å². The van der Waals surface area contributed by atoms with Crippen molar-refractivity contribution < 1.29 is 20.1 Å². The van der Waals surface area contributed by atoms with Gasteiger partial charge in [0.1, 0.15) is 0 Å². The highest BCUT2D eigenvalue weighted by Crippen LogP contribution is 2.09. The molecule has 0 aliphatic rings. The topological polar surface area (TPSA) is 89.8 Å². The van der Waals surface area contributed by atoms with Crippen molar-refractivity contribution >= 4 is 5.97 Å². The van der Waals surface area contributed by atoms with Gasteiger partial charge in [0.2, 0.25) is 0 Å². The van der Waals surface area contributed by atoms with E-state index in [0.717, 1.165) is 0 Å². The van der Waals surface area contributed by atoms with E-state index in [9.17, 15) is 9.90 Å². The van der Waals surface area contributed by atoms with Crippen LogP contribution in [0.5, 0.6) is 0 Å². The maximum absolute atomic E-state index is 10.9. The Hall–Kier alpha value is -1.43. The SMILES string of the molecule is CC(O)(CO)CNCc1ccccc1C(=O)O. The molecule has 0 aliphatic heterocycles. The summed E-state index contributed by atoms with van der Waals surface area (Å²) in [7, 11) is 0. The molecule has 1 aromatic rings. The third-order valence-electron chi connectivity index (χ3n) is 2.41. The summed E-state index contributed by atoms with van der Waals surface area (Å²) in [4.78, 5) is 10.9. The summed E-state index contributed by atoms with van der Waals surface area (Å²) < 4.78 is 0. The number of hydrogen-bond donors (Lipinski definition) is 4. The predicted molar refractivity (Wildman–Crippen MR) is 62.8 cm³/mol. The van der Waals surface area contributed by atoms with Crippen molar-refractivity contribution in [2.75, 3.05) is 13.2 Å². The van der Waals surface area contributed by atoms with Gasteiger partial charge in [0, 0.05) is 13.1 Å². The normalized spacial score (nSPS) is 14.3. The molecule has 0 heterocycles. The average molecular weight is 239 g/mol. The minimum atomic E-state index is -1.20. The highest BCUT2D eigenvalue weighted by atomic mass is 16.4. The molecule has 0 saturated heterocycles. The van der Waals surface area contributed by atoms with Gasteiger partial charge in [0.25, 0.3) is 0 Å². The van der Waals surface area contributed by atoms with Crippen LogP contribution in [-0.2, 0) is 6.54 Å². The van der Waals surface area contributed by atoms with Gasteiger partial charge in [0.15, 0.2) is 0 Å². The van der Waals surface area contributed by atoms with Gasteiger partial charge >= 0.3 is 5.97 Å². The lowest BCUT2D eigenvalue weighted by Crippen LogP contribution is -2.40. The Morgan fingerprint density at radius 2 is 2.06 bits per heavy atom. The van der Waals surface area contributed by atoms with Crippen LogP contribution in [0.25, 0.3) is 0 Å². The second kappa shape index (κ2) is 5.77. The number of aromatic carboxylic acids is 1. The van der Waals surface area contributed by atoms with Crippen molar-refractivity contribution in [3.8, 4) is 0 Å². The molecule has 0 saturated carbocycles. The van der Waals surface area contributed by atoms with Crippen LogP contribution < -0.4 is 5.32 Å². The fraction of sp³-hybridized carbons (Fsp3) is 0.417. The number of hydrogen-bond acceptors (Lipinski definition) is 4. The summed E-state index contributed by atoms with van der Waals surface area (Å²) in [5, 5.41) is 30.3. The summed E-state index contributed by atoms with van der Waals surface area (Å²) in [5.74, 6) is -0.976. The Kier molecular flexibility index (Phi) is 4.62. The molecule has 0 fully saturated rings. The molecule has 1 unspecified atom stereocenters. The van der Waals surface area contributed by atoms with Gasteiger partial charge in [-0.05, 0) is 18.6 Å². The molecule has 94 valence electrons. The molecule has 5 heteroatoms. The number of rotatable bonds is 6. The number of benzene rings is 1. The second-order valence-electron chi connectivity index (χ2n) is 4.22. The molecule has 1 atom stereocenters. The lowest BCUT2D eigenvalue weighted by Gasteiger charge is -2.20. The summed E-state index contributed by atoms with van der Waals surface area (Å²) in [6.07, 6.45) is 0. The van der Waals surface area contributed by atoms with E-state index in [-0.39, 0.29) is 18.7 Å². The quantitative estimate of drug-likeness (QED) is 0.570. The number of nitrogens with one attached hydrogen (secondary N) is 1. The van der Waals surface area contributed by atoms with Crippen molar-refractivity contribution in [1.29, 1.82) is 0 Å². The van der Waals surface area contributed by atoms with Gasteiger partial charge in [-0.1, -0.05) is 18.2 Å². The van der Waals surface area contributed by atoms with Gasteiger partial charge in [-0.15, -0.1) is 0 Å². The Labute approximate surface area is 99.7 Å². The molecule has 4 N–H and O–H groups in total. The number of carboxylic acid groups (broad SMARTS) is 1. The summed E-state index contributed by atoms with van der Waals surface area (Å²) >= 11 is 0. The van der Waals surface area contributed by atoms with Crippen LogP contribution in [0.4, 0.5) is 0 Å². The fourth-order valence-corrected chi connectivity index (χ4v) is 1.41. The fourth-order valence-electron chi connectivity index (χ4n) is 1.41. The van der Waals surface area contributed by atoms with Crippen molar-refractivity contribution in [3.05, 3.63) is 35.4 Å². The van der Waals surface area contributed by atoms with Crippen LogP contribution in [0.3, 0.4) is 0 Å². The summed E-state index contributed by atoms with van der Waals surface area (Å²) in [6, 6.07) is 6.66. The van der Waals surface area contributed by atoms with Crippen LogP contribution in [0.15, 0.2) is 24.3 Å². The first kappa shape index (κ1) is 13.6. The van der Waals surface area contributed by atoms with E-state index >= 15 is 0 Å². The monoisotopic (exact) mass is 239 g/mol. The highest BCUT2D eigenvalue weighted by molar-refractivity contribution is 5.89. The maximum Gasteiger partial charge on any atom is 0.336 e. The average Bonchev–Trinajstić information content (AvgIpc) is 2.29. The second-order valence-corrected chi connectivity index (χ2v) is 4.22. The largest absolute Gasteiger partial charge is 0.478 e. The van der Waals surface area contributed by atoms with Gasteiger partial charge in [0.05, 0.1) is 17.8 Å². The maximum atomic E-state index is 10.9. The zero-order chi connectivity index (χ0) is 12.9. The van der Waals surface area contributed by atoms with Gasteiger partial charge in [-0.2, -0.15) is 0 Å². The first-order valence-corrected chi connectivity index (χ1v) is 5.31. The van der Waals surface area contributed by atoms with Crippen LogP contribution in [0, 0.1) is 0 Å². The first-order chi connectivity index (χ1) is 7.96. The molecular weight excluding hydrogens is 222 g/mol. The van der Waals surface area contributed by atoms with E-state index < -0.39 is 11.6 Å². The first-order valence-electron chi connectivity index (χ1n) is 5.31. The molecule has 0 amide bonds. The van der Waals surface area contributed by atoms with Crippen LogP contribution in [0.2, 0.25) is 0 Å². The molecule has 0 aliphatic carbocycles. The van der Waals surface area contributed by atoms with Gasteiger partial charge < -0.3 is 20.6 Å². The predicted octanol–water partition coefficient (Wildman–Crippen LogP) is 0.218. The zero-order valence-corrected chi connectivity index (χ0v) is 9.68. The molecule has 0 bridgehead atoms. The van der Waals surface area contributed by atoms with E-state index in [2.05, 4.69) is 5.32 Å². The van der Waals surface area contributed by atoms with E-state index in [1.54, 1.807) is 18.2 Å². The molecule has 1 rings (SSSR count). The molecule has 0 aromatic heterocycles. The molecule has 17 heavy (non-hydrogen) atoms. The van der Waals surface area contributed by atoms with Gasteiger partial charge in [-0.3, -0.25) is 0 Å². The summed E-state index contributed by atoms with van der Waals surface area (Å²) in [5.41, 5.74) is -0.310. The lowest BCUT2D eigenvalue weighted by atomic mass is 10.1. The molecule has 5 nitrogen and oxygen atoms in total. The number of aliphatic hydroxyl groups excluding tert-OH is 1. The van der Waals surface area contributed by atoms with Crippen molar-refractivity contribution in [2.24, 2.45) is 0 Å². The molecule has 0 spiro atoms. The van der Waals surface area contributed by atoms with E-state index in [1.165, 1.54) is 13.0 Å². The number of carboxylic acids is 1. The van der Waals surface area contributed by atoms with Crippen molar-refractivity contribution in [2.45, 2.75) is 19.1 Å². The number of aliphatic hydroxyl groups is 2. The third-order valence-corrected chi connectivity index (χ3v) is 2.41. The third kappa shape index (κ3) is 4.14. The molecular formula is C12H17NO4. The van der Waals surface area contributed by atoms with Crippen molar-refractivity contribution in [1.82, 2.24) is 5.32 Å². The minimum Gasteiger partial charge on any atom is -0.478 e. The Morgan fingerprint density at radius 3 is 2.65 bits per heavy atom. The standard InChI is InChI=1S/C12H17NO4/c1-12(17,8-14)7-13-6-9-4-2-3-5-10(9)11(15)16/h2-5,13-14,17H,6-8H2,1H3,(H,15,16). The van der Waals surface area contributed by atoms with E-state index in [1.807, 2.05) is 0 Å².